The van der Waals surface area contributed by atoms with E-state index in [1.165, 1.54) is 0 Å². The summed E-state index contributed by atoms with van der Waals surface area (Å²) in [5, 5.41) is 2.71. The summed E-state index contributed by atoms with van der Waals surface area (Å²) < 4.78 is 5.04. The van der Waals surface area contributed by atoms with Gasteiger partial charge in [-0.05, 0) is 20.8 Å². The molecule has 0 saturated carbocycles. The van der Waals surface area contributed by atoms with Crippen LogP contribution in [-0.4, -0.2) is 23.6 Å². The first kappa shape index (κ1) is 11.4. The molecule has 0 aliphatic carbocycles. The maximum atomic E-state index is 11.1. The van der Waals surface area contributed by atoms with E-state index in [1.807, 2.05) is 20.8 Å². The Morgan fingerprint density at radius 1 is 1.50 bits per heavy atom. The molecule has 0 atom stereocenters. The van der Waals surface area contributed by atoms with E-state index in [0.29, 0.717) is 4.99 Å². The van der Waals surface area contributed by atoms with Gasteiger partial charge in [-0.25, -0.2) is 0 Å². The van der Waals surface area contributed by atoms with Gasteiger partial charge >= 0.3 is 5.97 Å². The number of nitrogens with one attached hydrogen (secondary N) is 1. The third-order valence-electron chi connectivity index (χ3n) is 1.00. The summed E-state index contributed by atoms with van der Waals surface area (Å²) in [5.41, 5.74) is -0.430. The number of rotatable bonds is 2. The SMILES string of the molecule is CNC(=S)CC(=O)OC(C)(C)C. The maximum absolute atomic E-state index is 11.1. The van der Waals surface area contributed by atoms with Gasteiger partial charge in [0.15, 0.2) is 0 Å². The average molecular weight is 189 g/mol. The van der Waals surface area contributed by atoms with Crippen molar-refractivity contribution in [2.24, 2.45) is 0 Å². The zero-order valence-electron chi connectivity index (χ0n) is 7.93. The van der Waals surface area contributed by atoms with Gasteiger partial charge in [0, 0.05) is 7.05 Å². The molecule has 12 heavy (non-hydrogen) atoms. The van der Waals surface area contributed by atoms with Gasteiger partial charge in [-0.15, -0.1) is 0 Å². The molecule has 4 heteroatoms. The zero-order valence-corrected chi connectivity index (χ0v) is 8.75. The quantitative estimate of drug-likeness (QED) is 0.524. The molecule has 0 aromatic heterocycles. The minimum Gasteiger partial charge on any atom is -0.460 e. The second kappa shape index (κ2) is 4.40. The Balaban J connectivity index is 3.83. The van der Waals surface area contributed by atoms with Crippen molar-refractivity contribution < 1.29 is 9.53 Å². The van der Waals surface area contributed by atoms with Crippen molar-refractivity contribution in [2.75, 3.05) is 7.05 Å². The van der Waals surface area contributed by atoms with E-state index in [9.17, 15) is 4.79 Å². The lowest BCUT2D eigenvalue weighted by Crippen LogP contribution is -2.27. The zero-order chi connectivity index (χ0) is 9.78. The molecule has 0 amide bonds. The van der Waals surface area contributed by atoms with Crippen LogP contribution in [0, 0.1) is 0 Å². The van der Waals surface area contributed by atoms with Gasteiger partial charge in [-0.3, -0.25) is 4.79 Å². The molecule has 0 spiro atoms. The number of hydrogen-bond acceptors (Lipinski definition) is 3. The summed E-state index contributed by atoms with van der Waals surface area (Å²) in [5.74, 6) is -0.290. The number of carbonyl (C=O) groups is 1. The monoisotopic (exact) mass is 189 g/mol. The highest BCUT2D eigenvalue weighted by atomic mass is 32.1. The summed E-state index contributed by atoms with van der Waals surface area (Å²) in [7, 11) is 1.69. The largest absolute Gasteiger partial charge is 0.460 e. The third-order valence-corrected chi connectivity index (χ3v) is 1.35. The molecule has 0 saturated heterocycles. The topological polar surface area (TPSA) is 38.3 Å². The van der Waals surface area contributed by atoms with E-state index in [0.717, 1.165) is 0 Å². The van der Waals surface area contributed by atoms with Crippen molar-refractivity contribution in [1.82, 2.24) is 5.32 Å². The van der Waals surface area contributed by atoms with Gasteiger partial charge in [0.05, 0.1) is 11.4 Å². The average Bonchev–Trinajstić information content (AvgIpc) is 1.82. The van der Waals surface area contributed by atoms with Crippen LogP contribution in [0.3, 0.4) is 0 Å². The second-order valence-electron chi connectivity index (χ2n) is 3.44. The second-order valence-corrected chi connectivity index (χ2v) is 3.93. The molecule has 0 aliphatic rings. The van der Waals surface area contributed by atoms with E-state index in [2.05, 4.69) is 5.32 Å². The predicted octanol–water partition coefficient (Wildman–Crippen LogP) is 1.26. The summed E-state index contributed by atoms with van der Waals surface area (Å²) in [6.07, 6.45) is 0.156. The van der Waals surface area contributed by atoms with Crippen LogP contribution in [0.25, 0.3) is 0 Å². The molecule has 0 rings (SSSR count). The van der Waals surface area contributed by atoms with Crippen LogP contribution < -0.4 is 5.32 Å². The maximum Gasteiger partial charge on any atom is 0.313 e. The van der Waals surface area contributed by atoms with E-state index in [4.69, 9.17) is 17.0 Å². The van der Waals surface area contributed by atoms with Crippen LogP contribution in [0.2, 0.25) is 0 Å². The lowest BCUT2D eigenvalue weighted by atomic mass is 10.2. The smallest absolute Gasteiger partial charge is 0.313 e. The normalized spacial score (nSPS) is 10.7. The van der Waals surface area contributed by atoms with Crippen LogP contribution in [-0.2, 0) is 9.53 Å². The Kier molecular flexibility index (Phi) is 4.17. The fraction of sp³-hybridized carbons (Fsp3) is 0.750. The van der Waals surface area contributed by atoms with Crippen LogP contribution in [0.15, 0.2) is 0 Å². The van der Waals surface area contributed by atoms with E-state index in [-0.39, 0.29) is 12.4 Å². The van der Waals surface area contributed by atoms with E-state index in [1.54, 1.807) is 7.05 Å². The molecule has 3 nitrogen and oxygen atoms in total. The van der Waals surface area contributed by atoms with Crippen molar-refractivity contribution in [3.8, 4) is 0 Å². The van der Waals surface area contributed by atoms with Crippen molar-refractivity contribution in [2.45, 2.75) is 32.8 Å². The van der Waals surface area contributed by atoms with Gasteiger partial charge in [0.2, 0.25) is 0 Å². The molecule has 1 N–H and O–H groups in total. The molecule has 0 bridgehead atoms. The summed E-state index contributed by atoms with van der Waals surface area (Å²) in [6, 6.07) is 0. The van der Waals surface area contributed by atoms with Gasteiger partial charge in [0.1, 0.15) is 5.60 Å². The third kappa shape index (κ3) is 6.09. The molecule has 0 heterocycles. The van der Waals surface area contributed by atoms with E-state index >= 15 is 0 Å². The summed E-state index contributed by atoms with van der Waals surface area (Å²) in [6.45, 7) is 5.48. The Labute approximate surface area is 78.5 Å². The Morgan fingerprint density at radius 2 is 2.00 bits per heavy atom. The Bertz CT molecular complexity index is 184. The van der Waals surface area contributed by atoms with Crippen molar-refractivity contribution in [3.05, 3.63) is 0 Å². The van der Waals surface area contributed by atoms with Crippen molar-refractivity contribution in [1.29, 1.82) is 0 Å². The molecule has 0 aromatic carbocycles. The highest BCUT2D eigenvalue weighted by Gasteiger charge is 2.16. The summed E-state index contributed by atoms with van der Waals surface area (Å²) >= 11 is 4.81. The minimum absolute atomic E-state index is 0.156. The Hall–Kier alpha value is -0.640. The molecule has 0 aliphatic heterocycles. The highest BCUT2D eigenvalue weighted by Crippen LogP contribution is 2.07. The van der Waals surface area contributed by atoms with Crippen LogP contribution in [0.1, 0.15) is 27.2 Å². The molecule has 0 unspecified atom stereocenters. The van der Waals surface area contributed by atoms with Crippen LogP contribution in [0.4, 0.5) is 0 Å². The fourth-order valence-corrected chi connectivity index (χ4v) is 0.715. The van der Waals surface area contributed by atoms with Gasteiger partial charge in [-0.1, -0.05) is 12.2 Å². The van der Waals surface area contributed by atoms with Gasteiger partial charge in [0.25, 0.3) is 0 Å². The number of thiocarbonyl (C=S) groups is 1. The number of carbonyl (C=O) groups excluding carboxylic acids is 1. The number of ether oxygens (including phenoxy) is 1. The molecular weight excluding hydrogens is 174 g/mol. The van der Waals surface area contributed by atoms with E-state index < -0.39 is 5.60 Å². The molecule has 0 radical (unpaired) electrons. The Morgan fingerprint density at radius 3 is 2.33 bits per heavy atom. The van der Waals surface area contributed by atoms with Crippen molar-refractivity contribution >= 4 is 23.2 Å². The molecule has 0 fully saturated rings. The number of hydrogen-bond donors (Lipinski definition) is 1. The standard InChI is InChI=1S/C8H15NO2S/c1-8(2,3)11-7(10)5-6(12)9-4/h5H2,1-4H3,(H,9,12). The van der Waals surface area contributed by atoms with Gasteiger partial charge in [-0.2, -0.15) is 0 Å². The van der Waals surface area contributed by atoms with Gasteiger partial charge < -0.3 is 10.1 Å². The predicted molar refractivity (Wildman–Crippen MR) is 52.1 cm³/mol. The molecular formula is C8H15NO2S. The fourth-order valence-electron chi connectivity index (χ4n) is 0.597. The lowest BCUT2D eigenvalue weighted by Gasteiger charge is -2.19. The minimum atomic E-state index is -0.430. The first-order valence-electron chi connectivity index (χ1n) is 3.77. The van der Waals surface area contributed by atoms with Crippen LogP contribution in [0.5, 0.6) is 0 Å². The number of esters is 1. The lowest BCUT2D eigenvalue weighted by molar-refractivity contribution is -0.153. The first-order chi connectivity index (χ1) is 5.35. The molecule has 70 valence electrons. The first-order valence-corrected chi connectivity index (χ1v) is 4.18. The molecule has 0 aromatic rings. The van der Waals surface area contributed by atoms with Crippen LogP contribution >= 0.6 is 12.2 Å². The van der Waals surface area contributed by atoms with Crippen molar-refractivity contribution in [3.63, 3.8) is 0 Å². The highest BCUT2D eigenvalue weighted by molar-refractivity contribution is 7.80. The summed E-state index contributed by atoms with van der Waals surface area (Å²) in [4.78, 5) is 11.6.